The second-order valence-corrected chi connectivity index (χ2v) is 4.66. The molecule has 0 atom stereocenters. The van der Waals surface area contributed by atoms with Crippen molar-refractivity contribution in [2.45, 2.75) is 11.9 Å². The Morgan fingerprint density at radius 3 is 2.71 bits per heavy atom. The van der Waals surface area contributed by atoms with Gasteiger partial charge >= 0.3 is 5.97 Å². The second-order valence-electron chi connectivity index (χ2n) is 3.87. The van der Waals surface area contributed by atoms with E-state index in [0.717, 1.165) is 0 Å². The van der Waals surface area contributed by atoms with Gasteiger partial charge < -0.3 is 15.4 Å². The zero-order valence-corrected chi connectivity index (χ0v) is 12.7. The van der Waals surface area contributed by atoms with E-state index in [9.17, 15) is 14.4 Å². The lowest BCUT2D eigenvalue weighted by molar-refractivity contribution is -0.127. The topological polar surface area (TPSA) is 97.4 Å². The van der Waals surface area contributed by atoms with Gasteiger partial charge in [0.05, 0.1) is 12.1 Å². The van der Waals surface area contributed by atoms with Gasteiger partial charge in [-0.1, -0.05) is 0 Å². The van der Waals surface area contributed by atoms with Gasteiger partial charge in [-0.25, -0.2) is 9.78 Å². The quantitative estimate of drug-likeness (QED) is 0.552. The minimum Gasteiger partial charge on any atom is -0.452 e. The van der Waals surface area contributed by atoms with Crippen molar-refractivity contribution in [2.75, 3.05) is 26.0 Å². The van der Waals surface area contributed by atoms with Crippen LogP contribution in [0.2, 0.25) is 0 Å². The first-order valence-electron chi connectivity index (χ1n) is 6.28. The average molecular weight is 311 g/mol. The minimum absolute atomic E-state index is 0.146. The molecule has 0 aliphatic heterocycles. The van der Waals surface area contributed by atoms with Crippen molar-refractivity contribution < 1.29 is 19.1 Å². The first-order chi connectivity index (χ1) is 10.1. The van der Waals surface area contributed by atoms with Crippen LogP contribution >= 0.6 is 11.8 Å². The molecule has 7 nitrogen and oxygen atoms in total. The Hall–Kier alpha value is -2.09. The molecular formula is C13H17N3O4S. The van der Waals surface area contributed by atoms with E-state index in [2.05, 4.69) is 15.6 Å². The maximum Gasteiger partial charge on any atom is 0.341 e. The number of ether oxygens (including phenoxy) is 1. The zero-order valence-electron chi connectivity index (χ0n) is 11.8. The second kappa shape index (κ2) is 8.96. The van der Waals surface area contributed by atoms with Gasteiger partial charge in [0.1, 0.15) is 5.03 Å². The zero-order chi connectivity index (χ0) is 15.7. The number of nitrogens with zero attached hydrogens (tertiary/aromatic N) is 1. The molecule has 0 radical (unpaired) electrons. The molecule has 2 N–H and O–H groups in total. The van der Waals surface area contributed by atoms with Crippen molar-refractivity contribution in [1.82, 2.24) is 15.6 Å². The molecule has 0 aliphatic rings. The van der Waals surface area contributed by atoms with Gasteiger partial charge in [-0.3, -0.25) is 9.59 Å². The third-order valence-electron chi connectivity index (χ3n) is 2.34. The number of esters is 1. The van der Waals surface area contributed by atoms with E-state index >= 15 is 0 Å². The summed E-state index contributed by atoms with van der Waals surface area (Å²) in [5.41, 5.74) is 0.307. The van der Waals surface area contributed by atoms with Crippen molar-refractivity contribution >= 4 is 29.5 Å². The van der Waals surface area contributed by atoms with E-state index in [-0.39, 0.29) is 12.5 Å². The van der Waals surface area contributed by atoms with E-state index in [4.69, 9.17) is 4.74 Å². The highest BCUT2D eigenvalue weighted by Crippen LogP contribution is 2.17. The predicted molar refractivity (Wildman–Crippen MR) is 78.0 cm³/mol. The molecule has 1 aromatic heterocycles. The smallest absolute Gasteiger partial charge is 0.341 e. The van der Waals surface area contributed by atoms with Gasteiger partial charge in [-0.05, 0) is 25.3 Å². The van der Waals surface area contributed by atoms with Crippen LogP contribution in [0.15, 0.2) is 23.4 Å². The summed E-state index contributed by atoms with van der Waals surface area (Å²) in [6.07, 6.45) is 3.36. The Morgan fingerprint density at radius 2 is 2.05 bits per heavy atom. The third-order valence-corrected chi connectivity index (χ3v) is 3.05. The van der Waals surface area contributed by atoms with Crippen LogP contribution in [-0.2, 0) is 14.3 Å². The van der Waals surface area contributed by atoms with Crippen molar-refractivity contribution in [3.05, 3.63) is 23.9 Å². The molecule has 1 aromatic rings. The molecule has 114 valence electrons. The van der Waals surface area contributed by atoms with E-state index in [0.29, 0.717) is 17.1 Å². The fourth-order valence-electron chi connectivity index (χ4n) is 1.41. The minimum atomic E-state index is -0.624. The molecule has 2 amide bonds. The van der Waals surface area contributed by atoms with Crippen molar-refractivity contribution in [1.29, 1.82) is 0 Å². The lowest BCUT2D eigenvalue weighted by Gasteiger charge is -2.08. The molecule has 8 heteroatoms. The van der Waals surface area contributed by atoms with Crippen LogP contribution in [0, 0.1) is 0 Å². The predicted octanol–water partition coefficient (Wildman–Crippen LogP) is 0.213. The average Bonchev–Trinajstić information content (AvgIpc) is 2.50. The Morgan fingerprint density at radius 1 is 1.29 bits per heavy atom. The van der Waals surface area contributed by atoms with Crippen molar-refractivity contribution in [2.24, 2.45) is 0 Å². The Balaban J connectivity index is 2.42. The van der Waals surface area contributed by atoms with E-state index in [1.807, 2.05) is 0 Å². The van der Waals surface area contributed by atoms with Crippen LogP contribution in [0.3, 0.4) is 0 Å². The number of likely N-dealkylation sites (N-methyl/N-ethyl adjacent to an activating group) is 1. The Kier molecular flexibility index (Phi) is 7.24. The largest absolute Gasteiger partial charge is 0.452 e. The van der Waals surface area contributed by atoms with Gasteiger partial charge in [0.25, 0.3) is 5.91 Å². The summed E-state index contributed by atoms with van der Waals surface area (Å²) in [5.74, 6) is -1.46. The van der Waals surface area contributed by atoms with Crippen LogP contribution in [0.4, 0.5) is 0 Å². The van der Waals surface area contributed by atoms with Gasteiger partial charge in [-0.2, -0.15) is 0 Å². The third kappa shape index (κ3) is 5.82. The normalized spacial score (nSPS) is 9.81. The number of carbonyl (C=O) groups excluding carboxylic acids is 3. The van der Waals surface area contributed by atoms with Gasteiger partial charge in [0, 0.05) is 12.7 Å². The molecular weight excluding hydrogens is 294 g/mol. The fraction of sp³-hybridized carbons (Fsp3) is 0.385. The first kappa shape index (κ1) is 17.0. The summed E-state index contributed by atoms with van der Waals surface area (Å²) in [5, 5.41) is 5.42. The molecule has 0 unspecified atom stereocenters. The summed E-state index contributed by atoms with van der Waals surface area (Å²) in [7, 11) is 0. The van der Waals surface area contributed by atoms with Crippen LogP contribution in [0.1, 0.15) is 17.3 Å². The summed E-state index contributed by atoms with van der Waals surface area (Å²) in [6.45, 7) is 1.68. The molecule has 0 saturated carbocycles. The first-order valence-corrected chi connectivity index (χ1v) is 7.50. The van der Waals surface area contributed by atoms with Gasteiger partial charge in [0.15, 0.2) is 6.61 Å². The monoisotopic (exact) mass is 311 g/mol. The van der Waals surface area contributed by atoms with Crippen molar-refractivity contribution in [3.63, 3.8) is 0 Å². The molecule has 21 heavy (non-hydrogen) atoms. The molecule has 0 fully saturated rings. The van der Waals surface area contributed by atoms with Crippen LogP contribution < -0.4 is 10.6 Å². The Labute approximate surface area is 126 Å². The molecule has 0 aliphatic carbocycles. The lowest BCUT2D eigenvalue weighted by atomic mass is 10.3. The van der Waals surface area contributed by atoms with Crippen molar-refractivity contribution in [3.8, 4) is 0 Å². The molecule has 1 rings (SSSR count). The number of carbonyl (C=O) groups is 3. The molecule has 1 heterocycles. The molecule has 0 saturated heterocycles. The summed E-state index contributed by atoms with van der Waals surface area (Å²) in [4.78, 5) is 38.5. The van der Waals surface area contributed by atoms with E-state index in [1.165, 1.54) is 11.8 Å². The fourth-order valence-corrected chi connectivity index (χ4v) is 1.94. The highest BCUT2D eigenvalue weighted by atomic mass is 32.2. The number of hydrogen-bond donors (Lipinski definition) is 2. The summed E-state index contributed by atoms with van der Waals surface area (Å²) < 4.78 is 4.89. The van der Waals surface area contributed by atoms with Crippen LogP contribution in [0.25, 0.3) is 0 Å². The van der Waals surface area contributed by atoms with Gasteiger partial charge in [0.2, 0.25) is 5.91 Å². The standard InChI is InChI=1S/C13H17N3O4S/c1-3-14-10(17)7-16-11(18)8-20-13(19)9-5-4-6-15-12(9)21-2/h4-6H,3,7-8H2,1-2H3,(H,14,17)(H,16,18). The van der Waals surface area contributed by atoms with Crippen LogP contribution in [0.5, 0.6) is 0 Å². The number of aromatic nitrogens is 1. The van der Waals surface area contributed by atoms with Crippen LogP contribution in [-0.4, -0.2) is 48.7 Å². The SMILES string of the molecule is CCNC(=O)CNC(=O)COC(=O)c1cccnc1SC. The summed E-state index contributed by atoms with van der Waals surface area (Å²) in [6, 6.07) is 3.19. The molecule has 0 spiro atoms. The number of amides is 2. The number of rotatable bonds is 7. The number of hydrogen-bond acceptors (Lipinski definition) is 6. The molecule has 0 aromatic carbocycles. The lowest BCUT2D eigenvalue weighted by Crippen LogP contribution is -2.38. The maximum absolute atomic E-state index is 11.8. The highest BCUT2D eigenvalue weighted by molar-refractivity contribution is 7.98. The number of pyridine rings is 1. The van der Waals surface area contributed by atoms with E-state index < -0.39 is 18.5 Å². The van der Waals surface area contributed by atoms with Gasteiger partial charge in [-0.15, -0.1) is 11.8 Å². The highest BCUT2D eigenvalue weighted by Gasteiger charge is 2.14. The number of nitrogens with one attached hydrogen (secondary N) is 2. The molecule has 0 bridgehead atoms. The summed E-state index contributed by atoms with van der Waals surface area (Å²) >= 11 is 1.31. The van der Waals surface area contributed by atoms with E-state index in [1.54, 1.807) is 31.5 Å². The maximum atomic E-state index is 11.8. The Bertz CT molecular complexity index is 522. The number of thioether (sulfide) groups is 1.